The predicted octanol–water partition coefficient (Wildman–Crippen LogP) is 1.52. The van der Waals surface area contributed by atoms with Gasteiger partial charge in [-0.15, -0.1) is 0 Å². The van der Waals surface area contributed by atoms with E-state index < -0.39 is 0 Å². The smallest absolute Gasteiger partial charge is 0.170 e. The van der Waals surface area contributed by atoms with Crippen molar-refractivity contribution in [2.75, 3.05) is 13.6 Å². The lowest BCUT2D eigenvalue weighted by Crippen LogP contribution is -2.31. The number of hydrogen-bond acceptors (Lipinski definition) is 4. The van der Waals surface area contributed by atoms with Crippen LogP contribution in [0.3, 0.4) is 0 Å². The van der Waals surface area contributed by atoms with E-state index in [1.165, 1.54) is 0 Å². The highest BCUT2D eigenvalue weighted by Gasteiger charge is 2.21. The molecule has 0 radical (unpaired) electrons. The minimum Gasteiger partial charge on any atom is -0.469 e. The van der Waals surface area contributed by atoms with Gasteiger partial charge in [-0.1, -0.05) is 0 Å². The first-order valence-corrected chi connectivity index (χ1v) is 6.52. The van der Waals surface area contributed by atoms with Crippen LogP contribution in [0.25, 0.3) is 0 Å². The van der Waals surface area contributed by atoms with Gasteiger partial charge >= 0.3 is 0 Å². The van der Waals surface area contributed by atoms with Gasteiger partial charge in [0.15, 0.2) is 6.29 Å². The number of furan rings is 1. The average Bonchev–Trinajstić information content (AvgIpc) is 3.03. The molecule has 0 saturated heterocycles. The molecule has 2 aromatic heterocycles. The number of aromatic nitrogens is 2. The van der Waals surface area contributed by atoms with Crippen LogP contribution in [-0.2, 0) is 25.9 Å². The molecule has 0 saturated carbocycles. The first-order chi connectivity index (χ1) is 9.28. The number of hydrogen-bond donors (Lipinski definition) is 0. The first-order valence-electron chi connectivity index (χ1n) is 6.52. The van der Waals surface area contributed by atoms with E-state index in [1.807, 2.05) is 12.1 Å². The topological polar surface area (TPSA) is 51.3 Å². The number of aryl methyl sites for hydroxylation is 2. The van der Waals surface area contributed by atoms with E-state index in [0.717, 1.165) is 56.0 Å². The third kappa shape index (κ3) is 2.33. The molecule has 3 heterocycles. The van der Waals surface area contributed by atoms with Crippen molar-refractivity contribution < 1.29 is 9.21 Å². The van der Waals surface area contributed by atoms with Crippen LogP contribution in [0, 0.1) is 0 Å². The van der Waals surface area contributed by atoms with Crippen LogP contribution in [0.15, 0.2) is 22.8 Å². The Bertz CT molecular complexity index is 572. The van der Waals surface area contributed by atoms with Gasteiger partial charge in [0.2, 0.25) is 0 Å². The quantitative estimate of drug-likeness (QED) is 0.781. The summed E-state index contributed by atoms with van der Waals surface area (Å²) < 4.78 is 7.52. The number of carbonyl (C=O) groups is 1. The Morgan fingerprint density at radius 1 is 1.42 bits per heavy atom. The minimum atomic E-state index is 0.584. The molecular weight excluding hydrogens is 242 g/mol. The van der Waals surface area contributed by atoms with E-state index in [9.17, 15) is 4.79 Å². The first kappa shape index (κ1) is 12.2. The van der Waals surface area contributed by atoms with Gasteiger partial charge in [0.05, 0.1) is 12.0 Å². The van der Waals surface area contributed by atoms with Gasteiger partial charge in [-0.05, 0) is 19.2 Å². The Hall–Kier alpha value is -1.88. The zero-order chi connectivity index (χ0) is 13.2. The molecule has 19 heavy (non-hydrogen) atoms. The highest BCUT2D eigenvalue weighted by Crippen LogP contribution is 2.18. The van der Waals surface area contributed by atoms with Gasteiger partial charge in [0.1, 0.15) is 17.3 Å². The van der Waals surface area contributed by atoms with Crippen LogP contribution in [0.2, 0.25) is 0 Å². The lowest BCUT2D eigenvalue weighted by molar-refractivity contribution is 0.111. The second-order valence-corrected chi connectivity index (χ2v) is 4.95. The second kappa shape index (κ2) is 5.01. The number of imidazole rings is 1. The van der Waals surface area contributed by atoms with E-state index in [2.05, 4.69) is 21.5 Å². The highest BCUT2D eigenvalue weighted by atomic mass is 16.3. The lowest BCUT2D eigenvalue weighted by Gasteiger charge is -2.25. The summed E-state index contributed by atoms with van der Waals surface area (Å²) in [5.41, 5.74) is 1.62. The van der Waals surface area contributed by atoms with E-state index in [-0.39, 0.29) is 0 Å². The molecule has 5 nitrogen and oxygen atoms in total. The normalized spacial score (nSPS) is 15.4. The van der Waals surface area contributed by atoms with E-state index in [0.29, 0.717) is 5.69 Å². The van der Waals surface area contributed by atoms with Crippen molar-refractivity contribution in [1.29, 1.82) is 0 Å². The Labute approximate surface area is 111 Å². The van der Waals surface area contributed by atoms with E-state index >= 15 is 0 Å². The molecule has 5 heteroatoms. The summed E-state index contributed by atoms with van der Waals surface area (Å²) in [7, 11) is 2.06. The molecular formula is C14H17N3O2. The standard InChI is InChI=1S/C14H17N3O2/c1-16-6-7-17-13(9-16)12(10-18)15-14(17)5-4-11-3-2-8-19-11/h2-3,8,10H,4-7,9H2,1H3. The molecule has 100 valence electrons. The lowest BCUT2D eigenvalue weighted by atomic mass is 10.2. The van der Waals surface area contributed by atoms with Crippen molar-refractivity contribution >= 4 is 6.29 Å². The summed E-state index contributed by atoms with van der Waals surface area (Å²) in [6.07, 6.45) is 4.17. The molecule has 3 rings (SSSR count). The number of likely N-dealkylation sites (N-methyl/N-ethyl adjacent to an activating group) is 1. The zero-order valence-electron chi connectivity index (χ0n) is 11.0. The van der Waals surface area contributed by atoms with Crippen molar-refractivity contribution in [2.45, 2.75) is 25.9 Å². The van der Waals surface area contributed by atoms with Crippen LogP contribution in [-0.4, -0.2) is 34.3 Å². The summed E-state index contributed by atoms with van der Waals surface area (Å²) >= 11 is 0. The number of nitrogens with zero attached hydrogens (tertiary/aromatic N) is 3. The predicted molar refractivity (Wildman–Crippen MR) is 70.1 cm³/mol. The van der Waals surface area contributed by atoms with Gasteiger partial charge in [-0.2, -0.15) is 0 Å². The summed E-state index contributed by atoms with van der Waals surface area (Å²) in [6.45, 7) is 2.69. The summed E-state index contributed by atoms with van der Waals surface area (Å²) in [6, 6.07) is 3.86. The van der Waals surface area contributed by atoms with Crippen LogP contribution >= 0.6 is 0 Å². The fraction of sp³-hybridized carbons (Fsp3) is 0.429. The molecule has 1 aliphatic rings. The molecule has 0 N–H and O–H groups in total. The molecule has 0 unspecified atom stereocenters. The van der Waals surface area contributed by atoms with Crippen molar-refractivity contribution in [3.05, 3.63) is 41.4 Å². The summed E-state index contributed by atoms with van der Waals surface area (Å²) in [4.78, 5) is 17.8. The monoisotopic (exact) mass is 259 g/mol. The van der Waals surface area contributed by atoms with Crippen LogP contribution < -0.4 is 0 Å². The summed E-state index contributed by atoms with van der Waals surface area (Å²) in [5.74, 6) is 1.94. The fourth-order valence-electron chi connectivity index (χ4n) is 2.57. The average molecular weight is 259 g/mol. The van der Waals surface area contributed by atoms with Crippen LogP contribution in [0.5, 0.6) is 0 Å². The third-order valence-corrected chi connectivity index (χ3v) is 3.59. The van der Waals surface area contributed by atoms with Crippen LogP contribution in [0.4, 0.5) is 0 Å². The third-order valence-electron chi connectivity index (χ3n) is 3.59. The fourth-order valence-corrected chi connectivity index (χ4v) is 2.57. The van der Waals surface area contributed by atoms with Crippen molar-refractivity contribution in [3.8, 4) is 0 Å². The molecule has 0 atom stereocenters. The molecule has 0 fully saturated rings. The molecule has 1 aliphatic heterocycles. The molecule has 0 aliphatic carbocycles. The molecule has 2 aromatic rings. The van der Waals surface area contributed by atoms with Crippen molar-refractivity contribution in [1.82, 2.24) is 14.5 Å². The minimum absolute atomic E-state index is 0.584. The van der Waals surface area contributed by atoms with Gasteiger partial charge in [-0.25, -0.2) is 4.98 Å². The molecule has 0 amide bonds. The Morgan fingerprint density at radius 3 is 3.05 bits per heavy atom. The summed E-state index contributed by atoms with van der Waals surface area (Å²) in [5, 5.41) is 0. The van der Waals surface area contributed by atoms with Crippen LogP contribution in [0.1, 0.15) is 27.8 Å². The maximum absolute atomic E-state index is 11.1. The zero-order valence-corrected chi connectivity index (χ0v) is 11.0. The molecule has 0 aromatic carbocycles. The number of aldehydes is 1. The van der Waals surface area contributed by atoms with Crippen molar-refractivity contribution in [2.24, 2.45) is 0 Å². The van der Waals surface area contributed by atoms with Gasteiger partial charge in [0, 0.05) is 32.5 Å². The molecule has 0 spiro atoms. The number of carbonyl (C=O) groups excluding carboxylic acids is 1. The number of rotatable bonds is 4. The maximum atomic E-state index is 11.1. The Balaban J connectivity index is 1.83. The molecule has 0 bridgehead atoms. The highest BCUT2D eigenvalue weighted by molar-refractivity contribution is 5.74. The Kier molecular flexibility index (Phi) is 3.21. The number of fused-ring (bicyclic) bond motifs is 1. The SMILES string of the molecule is CN1CCn2c(CCc3ccco3)nc(C=O)c2C1. The van der Waals surface area contributed by atoms with Gasteiger partial charge in [-0.3, -0.25) is 9.69 Å². The second-order valence-electron chi connectivity index (χ2n) is 4.95. The Morgan fingerprint density at radius 2 is 2.32 bits per heavy atom. The maximum Gasteiger partial charge on any atom is 0.170 e. The van der Waals surface area contributed by atoms with Gasteiger partial charge in [0.25, 0.3) is 0 Å². The van der Waals surface area contributed by atoms with Gasteiger partial charge < -0.3 is 8.98 Å². The van der Waals surface area contributed by atoms with E-state index in [1.54, 1.807) is 6.26 Å². The van der Waals surface area contributed by atoms with Crippen molar-refractivity contribution in [3.63, 3.8) is 0 Å². The largest absolute Gasteiger partial charge is 0.469 e. The van der Waals surface area contributed by atoms with E-state index in [4.69, 9.17) is 4.42 Å².